The number of carbonyl (C=O) groups excluding carboxylic acids is 1. The summed E-state index contributed by atoms with van der Waals surface area (Å²) in [5, 5.41) is 1.64. The summed E-state index contributed by atoms with van der Waals surface area (Å²) in [5.41, 5.74) is 5.95. The fourth-order valence-corrected chi connectivity index (χ4v) is 5.30. The van der Waals surface area contributed by atoms with Crippen LogP contribution in [0.3, 0.4) is 0 Å². The van der Waals surface area contributed by atoms with E-state index in [9.17, 15) is 13.6 Å². The molecule has 37 heavy (non-hydrogen) atoms. The van der Waals surface area contributed by atoms with Crippen molar-refractivity contribution in [1.29, 1.82) is 0 Å². The third-order valence-corrected chi connectivity index (χ3v) is 7.18. The molecule has 3 aromatic carbocycles. The molecule has 0 heterocycles. The van der Waals surface area contributed by atoms with Crippen LogP contribution in [-0.4, -0.2) is 40.8 Å². The van der Waals surface area contributed by atoms with Gasteiger partial charge in [-0.05, 0) is 71.9 Å². The maximum Gasteiger partial charge on any atom is 0.247 e. The van der Waals surface area contributed by atoms with Crippen LogP contribution in [0.15, 0.2) is 60.7 Å². The number of amides is 1. The molecule has 2 unspecified atom stereocenters. The molecule has 0 radical (unpaired) electrons. The predicted molar refractivity (Wildman–Crippen MR) is 153 cm³/mol. The summed E-state index contributed by atoms with van der Waals surface area (Å²) in [4.78, 5) is 15.6. The average molecular weight is 523 g/mol. The monoisotopic (exact) mass is 522 g/mol. The van der Waals surface area contributed by atoms with Crippen molar-refractivity contribution in [2.24, 2.45) is 0 Å². The lowest BCUT2D eigenvalue weighted by Gasteiger charge is -2.26. The summed E-state index contributed by atoms with van der Waals surface area (Å²) < 4.78 is 28.8. The Balaban J connectivity index is 2.10. The second-order valence-electron chi connectivity index (χ2n) is 10.2. The van der Waals surface area contributed by atoms with Gasteiger partial charge in [-0.25, -0.2) is 4.21 Å². The van der Waals surface area contributed by atoms with Gasteiger partial charge in [0.05, 0.1) is 7.11 Å². The number of hydrogen-bond donors (Lipinski definition) is 2. The normalized spacial score (nSPS) is 13.2. The Morgan fingerprint density at radius 2 is 1.54 bits per heavy atom. The van der Waals surface area contributed by atoms with E-state index in [4.69, 9.17) is 4.74 Å². The van der Waals surface area contributed by atoms with Crippen LogP contribution in [0.5, 0.6) is 5.75 Å². The summed E-state index contributed by atoms with van der Waals surface area (Å²) in [6.45, 7) is 8.92. The highest BCUT2D eigenvalue weighted by Gasteiger charge is 2.33. The molecule has 0 spiro atoms. The molecule has 0 aliphatic rings. The molecular weight excluding hydrogens is 484 g/mol. The fraction of sp³-hybridized carbons (Fsp3) is 0.367. The van der Waals surface area contributed by atoms with Crippen molar-refractivity contribution < 1.29 is 18.3 Å². The molecule has 0 fully saturated rings. The molecule has 0 saturated heterocycles. The van der Waals surface area contributed by atoms with Crippen molar-refractivity contribution in [2.75, 3.05) is 26.5 Å². The first kappa shape index (κ1) is 28.6. The third-order valence-electron chi connectivity index (χ3n) is 6.33. The van der Waals surface area contributed by atoms with Crippen molar-refractivity contribution in [3.63, 3.8) is 0 Å². The SMILES string of the molecule is COc1ccccc1-c1cc(C(C)C)c(C(C(=O)Nc2ccc(CN(C)C)cc2)S(=O)O)c(C(C)C)c1. The number of para-hydroxylation sites is 1. The highest BCUT2D eigenvalue weighted by Crippen LogP contribution is 2.41. The van der Waals surface area contributed by atoms with E-state index in [2.05, 4.69) is 10.2 Å². The van der Waals surface area contributed by atoms with Crippen molar-refractivity contribution in [2.45, 2.75) is 51.3 Å². The van der Waals surface area contributed by atoms with E-state index in [1.807, 2.05) is 102 Å². The van der Waals surface area contributed by atoms with Gasteiger partial charge in [0.25, 0.3) is 0 Å². The zero-order valence-corrected chi connectivity index (χ0v) is 23.6. The Morgan fingerprint density at radius 1 is 0.973 bits per heavy atom. The number of ether oxygens (including phenoxy) is 1. The van der Waals surface area contributed by atoms with Crippen LogP contribution in [0, 0.1) is 0 Å². The van der Waals surface area contributed by atoms with Crippen molar-refractivity contribution >= 4 is 22.7 Å². The smallest absolute Gasteiger partial charge is 0.247 e. The molecule has 0 aliphatic heterocycles. The molecule has 0 aliphatic carbocycles. The molecule has 1 amide bonds. The van der Waals surface area contributed by atoms with E-state index in [0.717, 1.165) is 40.1 Å². The van der Waals surface area contributed by atoms with Gasteiger partial charge in [-0.3, -0.25) is 4.79 Å². The Labute approximate surface area is 223 Å². The number of rotatable bonds is 10. The summed E-state index contributed by atoms with van der Waals surface area (Å²) in [6.07, 6.45) is 0. The Bertz CT molecular complexity index is 1220. The van der Waals surface area contributed by atoms with Crippen LogP contribution in [0.1, 0.15) is 67.0 Å². The largest absolute Gasteiger partial charge is 0.496 e. The zero-order chi connectivity index (χ0) is 27.3. The van der Waals surface area contributed by atoms with Gasteiger partial charge in [-0.15, -0.1) is 0 Å². The van der Waals surface area contributed by atoms with Crippen LogP contribution in [-0.2, 0) is 22.4 Å². The maximum absolute atomic E-state index is 13.5. The number of methoxy groups -OCH3 is 1. The standard InChI is InChI=1S/C30H38N2O4S/c1-19(2)25-16-22(24-10-8-9-11-27(24)36-7)17-26(20(3)4)28(25)29(37(34)35)30(33)31-23-14-12-21(13-15-23)18-32(5)6/h8-17,19-20,29H,18H2,1-7H3,(H,31,33)(H,34,35). The molecule has 0 aromatic heterocycles. The van der Waals surface area contributed by atoms with Gasteiger partial charge in [0.2, 0.25) is 5.91 Å². The fourth-order valence-electron chi connectivity index (χ4n) is 4.59. The molecule has 6 nitrogen and oxygen atoms in total. The first-order valence-corrected chi connectivity index (χ1v) is 13.7. The van der Waals surface area contributed by atoms with Crippen molar-refractivity contribution in [1.82, 2.24) is 4.90 Å². The summed E-state index contributed by atoms with van der Waals surface area (Å²) in [7, 11) is 5.63. The van der Waals surface area contributed by atoms with Gasteiger partial charge in [-0.2, -0.15) is 0 Å². The van der Waals surface area contributed by atoms with Gasteiger partial charge in [0.15, 0.2) is 16.3 Å². The van der Waals surface area contributed by atoms with Crippen molar-refractivity contribution in [3.05, 3.63) is 82.9 Å². The third kappa shape index (κ3) is 6.86. The topological polar surface area (TPSA) is 78.9 Å². The van der Waals surface area contributed by atoms with Gasteiger partial charge in [0.1, 0.15) is 5.75 Å². The highest BCUT2D eigenvalue weighted by molar-refractivity contribution is 7.80. The van der Waals surface area contributed by atoms with Crippen LogP contribution in [0.25, 0.3) is 11.1 Å². The number of hydrogen-bond acceptors (Lipinski definition) is 4. The molecule has 2 atom stereocenters. The molecule has 0 bridgehead atoms. The van der Waals surface area contributed by atoms with E-state index >= 15 is 0 Å². The first-order chi connectivity index (χ1) is 17.5. The number of benzene rings is 3. The molecule has 2 N–H and O–H groups in total. The Kier molecular flexibility index (Phi) is 9.65. The van der Waals surface area contributed by atoms with E-state index in [0.29, 0.717) is 11.3 Å². The van der Waals surface area contributed by atoms with Crippen LogP contribution < -0.4 is 10.1 Å². The first-order valence-electron chi connectivity index (χ1n) is 12.5. The van der Waals surface area contributed by atoms with Crippen molar-refractivity contribution in [3.8, 4) is 16.9 Å². The summed E-state index contributed by atoms with van der Waals surface area (Å²) in [5.74, 6) is 0.282. The minimum Gasteiger partial charge on any atom is -0.496 e. The lowest BCUT2D eigenvalue weighted by atomic mass is 9.83. The van der Waals surface area contributed by atoms with Crippen LogP contribution in [0.4, 0.5) is 5.69 Å². The predicted octanol–water partition coefficient (Wildman–Crippen LogP) is 6.57. The van der Waals surface area contributed by atoms with Gasteiger partial charge in [0, 0.05) is 17.8 Å². The molecule has 198 valence electrons. The summed E-state index contributed by atoms with van der Waals surface area (Å²) >= 11 is -2.42. The molecular formula is C30H38N2O4S. The number of anilines is 1. The highest BCUT2D eigenvalue weighted by atomic mass is 32.2. The quantitative estimate of drug-likeness (QED) is 0.294. The lowest BCUT2D eigenvalue weighted by molar-refractivity contribution is -0.116. The van der Waals surface area contributed by atoms with Crippen LogP contribution in [0.2, 0.25) is 0 Å². The van der Waals surface area contributed by atoms with Gasteiger partial charge in [-0.1, -0.05) is 70.2 Å². The molecule has 3 aromatic rings. The summed E-state index contributed by atoms with van der Waals surface area (Å²) in [6, 6.07) is 19.4. The van der Waals surface area contributed by atoms with Gasteiger partial charge >= 0.3 is 0 Å². The minimum absolute atomic E-state index is 0.0197. The second kappa shape index (κ2) is 12.5. The minimum atomic E-state index is -2.42. The number of carbonyl (C=O) groups is 1. The number of nitrogens with zero attached hydrogens (tertiary/aromatic N) is 1. The van der Waals surface area contributed by atoms with Crippen LogP contribution >= 0.6 is 0 Å². The second-order valence-corrected chi connectivity index (χ2v) is 11.2. The number of nitrogens with one attached hydrogen (secondary N) is 1. The lowest BCUT2D eigenvalue weighted by Crippen LogP contribution is -2.27. The Hall–Kier alpha value is -3.00. The maximum atomic E-state index is 13.5. The van der Waals surface area contributed by atoms with E-state index in [-0.39, 0.29) is 11.8 Å². The Morgan fingerprint density at radius 3 is 2.03 bits per heavy atom. The van der Waals surface area contributed by atoms with Gasteiger partial charge < -0.3 is 19.5 Å². The molecule has 7 heteroatoms. The van der Waals surface area contributed by atoms with E-state index in [1.54, 1.807) is 7.11 Å². The molecule has 0 saturated carbocycles. The zero-order valence-electron chi connectivity index (χ0n) is 22.7. The molecule has 3 rings (SSSR count). The average Bonchev–Trinajstić information content (AvgIpc) is 2.84. The van der Waals surface area contributed by atoms with E-state index in [1.165, 1.54) is 0 Å². The van der Waals surface area contributed by atoms with E-state index < -0.39 is 22.2 Å².